The smallest absolute Gasteiger partial charge is 0.243 e. The van der Waals surface area contributed by atoms with E-state index in [-0.39, 0.29) is 5.91 Å². The van der Waals surface area contributed by atoms with Gasteiger partial charge in [-0.2, -0.15) is 5.26 Å². The van der Waals surface area contributed by atoms with Gasteiger partial charge in [-0.15, -0.1) is 0 Å². The molecule has 82 valence electrons. The van der Waals surface area contributed by atoms with E-state index in [1.54, 1.807) is 4.90 Å². The van der Waals surface area contributed by atoms with E-state index < -0.39 is 5.41 Å². The molecule has 1 saturated heterocycles. The lowest BCUT2D eigenvalue weighted by Crippen LogP contribution is -2.42. The Morgan fingerprint density at radius 1 is 1.60 bits per heavy atom. The van der Waals surface area contributed by atoms with Gasteiger partial charge in [-0.25, -0.2) is 0 Å². The number of rotatable bonds is 2. The summed E-state index contributed by atoms with van der Waals surface area (Å²) in [6, 6.07) is 2.46. The maximum absolute atomic E-state index is 12.0. The molecule has 0 bridgehead atoms. The van der Waals surface area contributed by atoms with E-state index in [4.69, 9.17) is 5.26 Å². The van der Waals surface area contributed by atoms with Crippen LogP contribution in [0.15, 0.2) is 0 Å². The van der Waals surface area contributed by atoms with E-state index in [2.05, 4.69) is 18.0 Å². The Morgan fingerprint density at radius 2 is 2.27 bits per heavy atom. The van der Waals surface area contributed by atoms with Crippen LogP contribution in [0.25, 0.3) is 0 Å². The van der Waals surface area contributed by atoms with Crippen molar-refractivity contribution >= 4 is 5.91 Å². The molecule has 4 nitrogen and oxygen atoms in total. The predicted octanol–water partition coefficient (Wildman–Crippen LogP) is 0.453. The zero-order valence-corrected chi connectivity index (χ0v) is 9.36. The van der Waals surface area contributed by atoms with Gasteiger partial charge in [0.25, 0.3) is 0 Å². The minimum absolute atomic E-state index is 0.0327. The molecular weight excluding hydrogens is 190 g/mol. The van der Waals surface area contributed by atoms with Gasteiger partial charge in [0.05, 0.1) is 6.07 Å². The number of nitriles is 1. The first-order valence-electron chi connectivity index (χ1n) is 5.46. The zero-order valence-electron chi connectivity index (χ0n) is 9.36. The predicted molar refractivity (Wildman–Crippen MR) is 56.0 cm³/mol. The first-order chi connectivity index (χ1) is 7.09. The summed E-state index contributed by atoms with van der Waals surface area (Å²) in [6.07, 6.45) is 2.52. The molecule has 2 rings (SSSR count). The summed E-state index contributed by atoms with van der Waals surface area (Å²) in [6.45, 7) is 1.98. The van der Waals surface area contributed by atoms with Gasteiger partial charge in [-0.05, 0) is 32.9 Å². The summed E-state index contributed by atoms with van der Waals surface area (Å²) in [7, 11) is 3.90. The first kappa shape index (κ1) is 10.4. The van der Waals surface area contributed by atoms with Crippen LogP contribution in [0.4, 0.5) is 0 Å². The van der Waals surface area contributed by atoms with Crippen molar-refractivity contribution in [1.29, 1.82) is 5.26 Å². The molecule has 0 aromatic rings. The van der Waals surface area contributed by atoms with Crippen molar-refractivity contribution in [2.75, 3.05) is 27.2 Å². The minimum atomic E-state index is -0.657. The van der Waals surface area contributed by atoms with Gasteiger partial charge in [-0.3, -0.25) is 4.79 Å². The molecule has 15 heavy (non-hydrogen) atoms. The van der Waals surface area contributed by atoms with Crippen LogP contribution in [0.5, 0.6) is 0 Å². The number of likely N-dealkylation sites (tertiary alicyclic amines) is 1. The molecule has 1 saturated carbocycles. The summed E-state index contributed by atoms with van der Waals surface area (Å²) >= 11 is 0. The minimum Gasteiger partial charge on any atom is -0.340 e. The lowest BCUT2D eigenvalue weighted by molar-refractivity contribution is -0.135. The molecular formula is C11H17N3O. The summed E-state index contributed by atoms with van der Waals surface area (Å²) in [5, 5.41) is 8.96. The average Bonchev–Trinajstić information content (AvgIpc) is 2.93. The Kier molecular flexibility index (Phi) is 2.43. The Bertz CT molecular complexity index is 316. The summed E-state index contributed by atoms with van der Waals surface area (Å²) in [5.41, 5.74) is -0.657. The molecule has 0 radical (unpaired) electrons. The number of hydrogen-bond donors (Lipinski definition) is 0. The normalized spacial score (nSPS) is 28.5. The van der Waals surface area contributed by atoms with Crippen LogP contribution in [0, 0.1) is 16.7 Å². The highest BCUT2D eigenvalue weighted by molar-refractivity contribution is 5.88. The topological polar surface area (TPSA) is 47.3 Å². The van der Waals surface area contributed by atoms with Crippen LogP contribution in [0.2, 0.25) is 0 Å². The number of carbonyl (C=O) groups is 1. The monoisotopic (exact) mass is 207 g/mol. The third-order valence-electron chi connectivity index (χ3n) is 3.61. The third kappa shape index (κ3) is 1.72. The lowest BCUT2D eigenvalue weighted by Gasteiger charge is -2.26. The molecule has 0 aromatic carbocycles. The molecule has 1 aliphatic heterocycles. The second-order valence-electron chi connectivity index (χ2n) is 4.81. The quantitative estimate of drug-likeness (QED) is 0.660. The van der Waals surface area contributed by atoms with E-state index in [0.29, 0.717) is 6.04 Å². The second kappa shape index (κ2) is 3.49. The molecule has 1 amide bonds. The SMILES string of the molecule is CN1CCC(N(C)C(=O)C2(C#N)CC2)C1. The van der Waals surface area contributed by atoms with Crippen molar-refractivity contribution in [3.05, 3.63) is 0 Å². The fraction of sp³-hybridized carbons (Fsp3) is 0.818. The maximum atomic E-state index is 12.0. The third-order valence-corrected chi connectivity index (χ3v) is 3.61. The standard InChI is InChI=1S/C11H17N3O/c1-13-6-3-9(7-13)14(2)10(15)11(8-12)4-5-11/h9H,3-7H2,1-2H3. The molecule has 1 atom stereocenters. The van der Waals surface area contributed by atoms with Crippen molar-refractivity contribution < 1.29 is 4.79 Å². The van der Waals surface area contributed by atoms with E-state index in [9.17, 15) is 4.79 Å². The van der Waals surface area contributed by atoms with Gasteiger partial charge in [0.15, 0.2) is 0 Å². The number of amides is 1. The van der Waals surface area contributed by atoms with Gasteiger partial charge < -0.3 is 9.80 Å². The highest BCUT2D eigenvalue weighted by Crippen LogP contribution is 2.46. The van der Waals surface area contributed by atoms with Crippen LogP contribution in [0.1, 0.15) is 19.3 Å². The number of hydrogen-bond acceptors (Lipinski definition) is 3. The summed E-state index contributed by atoms with van der Waals surface area (Å²) < 4.78 is 0. The average molecular weight is 207 g/mol. The molecule has 2 aliphatic rings. The van der Waals surface area contributed by atoms with Gasteiger partial charge in [-0.1, -0.05) is 0 Å². The number of likely N-dealkylation sites (N-methyl/N-ethyl adjacent to an activating group) is 2. The Morgan fingerprint density at radius 3 is 2.67 bits per heavy atom. The van der Waals surface area contributed by atoms with Crippen LogP contribution >= 0.6 is 0 Å². The number of carbonyl (C=O) groups excluding carboxylic acids is 1. The highest BCUT2D eigenvalue weighted by Gasteiger charge is 2.53. The molecule has 0 N–H and O–H groups in total. The van der Waals surface area contributed by atoms with Gasteiger partial charge in [0.1, 0.15) is 5.41 Å². The second-order valence-corrected chi connectivity index (χ2v) is 4.81. The van der Waals surface area contributed by atoms with E-state index >= 15 is 0 Å². The molecule has 4 heteroatoms. The fourth-order valence-electron chi connectivity index (χ4n) is 2.23. The van der Waals surface area contributed by atoms with E-state index in [1.165, 1.54) is 0 Å². The lowest BCUT2D eigenvalue weighted by atomic mass is 10.1. The van der Waals surface area contributed by atoms with Crippen molar-refractivity contribution in [3.63, 3.8) is 0 Å². The Hall–Kier alpha value is -1.08. The van der Waals surface area contributed by atoms with Gasteiger partial charge in [0, 0.05) is 19.6 Å². The largest absolute Gasteiger partial charge is 0.340 e. The van der Waals surface area contributed by atoms with Gasteiger partial charge in [0.2, 0.25) is 5.91 Å². The Labute approximate surface area is 90.5 Å². The van der Waals surface area contributed by atoms with Crippen LogP contribution in [0.3, 0.4) is 0 Å². The first-order valence-corrected chi connectivity index (χ1v) is 5.46. The highest BCUT2D eigenvalue weighted by atomic mass is 16.2. The van der Waals surface area contributed by atoms with Crippen LogP contribution < -0.4 is 0 Å². The molecule has 1 unspecified atom stereocenters. The van der Waals surface area contributed by atoms with Crippen LogP contribution in [-0.2, 0) is 4.79 Å². The van der Waals surface area contributed by atoms with Crippen molar-refractivity contribution in [2.24, 2.45) is 5.41 Å². The van der Waals surface area contributed by atoms with Crippen LogP contribution in [-0.4, -0.2) is 48.9 Å². The molecule has 1 aliphatic carbocycles. The maximum Gasteiger partial charge on any atom is 0.243 e. The molecule has 0 aromatic heterocycles. The van der Waals surface area contributed by atoms with Crippen molar-refractivity contribution in [2.45, 2.75) is 25.3 Å². The van der Waals surface area contributed by atoms with Crippen molar-refractivity contribution in [1.82, 2.24) is 9.80 Å². The number of nitrogens with zero attached hydrogens (tertiary/aromatic N) is 3. The summed E-state index contributed by atoms with van der Waals surface area (Å²) in [4.78, 5) is 16.1. The molecule has 0 spiro atoms. The fourth-order valence-corrected chi connectivity index (χ4v) is 2.23. The molecule has 1 heterocycles. The molecule has 2 fully saturated rings. The van der Waals surface area contributed by atoms with E-state index in [1.807, 2.05) is 7.05 Å². The zero-order chi connectivity index (χ0) is 11.1. The van der Waals surface area contributed by atoms with E-state index in [0.717, 1.165) is 32.4 Å². The summed E-state index contributed by atoms with van der Waals surface area (Å²) in [5.74, 6) is 0.0327. The van der Waals surface area contributed by atoms with Gasteiger partial charge >= 0.3 is 0 Å². The van der Waals surface area contributed by atoms with Crippen molar-refractivity contribution in [3.8, 4) is 6.07 Å². The Balaban J connectivity index is 2.00.